The number of sulfonamides is 1. The number of halogens is 2. The lowest BCUT2D eigenvalue weighted by Crippen LogP contribution is -2.39. The maximum absolute atomic E-state index is 14.4. The summed E-state index contributed by atoms with van der Waals surface area (Å²) in [7, 11) is -3.73. The van der Waals surface area contributed by atoms with Crippen molar-refractivity contribution in [3.8, 4) is 5.69 Å². The maximum Gasteiger partial charge on any atom is 0.243 e. The van der Waals surface area contributed by atoms with Crippen molar-refractivity contribution < 1.29 is 12.8 Å². The molecular formula is C15H20ClFN4O2S. The van der Waals surface area contributed by atoms with Gasteiger partial charge < -0.3 is 5.73 Å². The van der Waals surface area contributed by atoms with E-state index in [2.05, 4.69) is 5.10 Å². The van der Waals surface area contributed by atoms with Gasteiger partial charge in [0.15, 0.2) is 0 Å². The fourth-order valence-electron chi connectivity index (χ4n) is 2.88. The van der Waals surface area contributed by atoms with Crippen molar-refractivity contribution in [1.82, 2.24) is 14.1 Å². The van der Waals surface area contributed by atoms with Crippen molar-refractivity contribution in [2.24, 2.45) is 5.73 Å². The Kier molecular flexibility index (Phi) is 5.64. The smallest absolute Gasteiger partial charge is 0.243 e. The number of aryl methyl sites for hydroxylation is 1. The molecule has 1 saturated heterocycles. The summed E-state index contributed by atoms with van der Waals surface area (Å²) in [6.07, 6.45) is 4.80. The van der Waals surface area contributed by atoms with Crippen LogP contribution in [0.3, 0.4) is 0 Å². The molecule has 3 rings (SSSR count). The number of nitrogens with two attached hydrogens (primary N) is 1. The monoisotopic (exact) mass is 374 g/mol. The van der Waals surface area contributed by atoms with Gasteiger partial charge in [-0.1, -0.05) is 0 Å². The van der Waals surface area contributed by atoms with Crippen LogP contribution in [0.2, 0.25) is 0 Å². The van der Waals surface area contributed by atoms with E-state index < -0.39 is 15.8 Å². The van der Waals surface area contributed by atoms with Crippen molar-refractivity contribution in [3.63, 3.8) is 0 Å². The van der Waals surface area contributed by atoms with Crippen LogP contribution in [0.25, 0.3) is 5.69 Å². The normalized spacial score (nSPS) is 18.5. The predicted molar refractivity (Wildman–Crippen MR) is 91.5 cm³/mol. The summed E-state index contributed by atoms with van der Waals surface area (Å²) in [5.41, 5.74) is 6.75. The zero-order chi connectivity index (χ0) is 16.6. The molecule has 1 aromatic carbocycles. The number of hydrogen-bond acceptors (Lipinski definition) is 4. The number of hydrogen-bond donors (Lipinski definition) is 1. The van der Waals surface area contributed by atoms with Crippen LogP contribution in [0.1, 0.15) is 18.4 Å². The zero-order valence-corrected chi connectivity index (χ0v) is 14.9. The minimum atomic E-state index is -3.73. The second-order valence-corrected chi connectivity index (χ2v) is 7.61. The van der Waals surface area contributed by atoms with Crippen LogP contribution in [0.5, 0.6) is 0 Å². The third kappa shape index (κ3) is 3.32. The Labute approximate surface area is 146 Å². The molecule has 1 aliphatic rings. The van der Waals surface area contributed by atoms with E-state index in [9.17, 15) is 12.8 Å². The third-order valence-corrected chi connectivity index (χ3v) is 6.03. The minimum absolute atomic E-state index is 0. The molecule has 0 spiro atoms. The van der Waals surface area contributed by atoms with Crippen LogP contribution in [-0.2, 0) is 10.0 Å². The molecule has 6 nitrogen and oxygen atoms in total. The summed E-state index contributed by atoms with van der Waals surface area (Å²) in [6, 6.07) is 3.68. The lowest BCUT2D eigenvalue weighted by atomic mass is 10.2. The summed E-state index contributed by atoms with van der Waals surface area (Å²) in [5.74, 6) is -0.627. The lowest BCUT2D eigenvalue weighted by molar-refractivity contribution is 0.392. The Bertz CT molecular complexity index is 825. The molecule has 1 aliphatic heterocycles. The van der Waals surface area contributed by atoms with E-state index in [1.807, 2.05) is 6.92 Å². The lowest BCUT2D eigenvalue weighted by Gasteiger charge is -2.23. The van der Waals surface area contributed by atoms with E-state index in [1.165, 1.54) is 21.1 Å². The molecule has 0 aliphatic carbocycles. The fraction of sp³-hybridized carbons (Fsp3) is 0.400. The first-order chi connectivity index (χ1) is 10.9. The molecule has 2 N–H and O–H groups in total. The first-order valence-electron chi connectivity index (χ1n) is 7.46. The fourth-order valence-corrected chi connectivity index (χ4v) is 4.59. The van der Waals surface area contributed by atoms with Crippen molar-refractivity contribution in [2.75, 3.05) is 13.1 Å². The largest absolute Gasteiger partial charge is 0.329 e. The molecule has 2 aromatic rings. The van der Waals surface area contributed by atoms with Crippen molar-refractivity contribution >= 4 is 22.4 Å². The van der Waals surface area contributed by atoms with E-state index in [4.69, 9.17) is 5.73 Å². The van der Waals surface area contributed by atoms with Gasteiger partial charge in [-0.3, -0.25) is 0 Å². The molecule has 0 bridgehead atoms. The Hall–Kier alpha value is -1.48. The Morgan fingerprint density at radius 3 is 2.75 bits per heavy atom. The number of nitrogens with zero attached hydrogens (tertiary/aromatic N) is 3. The second kappa shape index (κ2) is 7.18. The standard InChI is InChI=1S/C15H19FN4O2S.ClH/c1-11-9-18-19(10-11)15-5-4-13(7-14(15)16)23(21,22)20-6-2-3-12(20)8-17;/h4-5,7,9-10,12H,2-3,6,8,17H2,1H3;1H. The van der Waals surface area contributed by atoms with Gasteiger partial charge in [0, 0.05) is 25.3 Å². The van der Waals surface area contributed by atoms with Gasteiger partial charge in [-0.05, 0) is 43.5 Å². The van der Waals surface area contributed by atoms with Gasteiger partial charge in [-0.2, -0.15) is 9.40 Å². The van der Waals surface area contributed by atoms with Gasteiger partial charge in [0.2, 0.25) is 10.0 Å². The Balaban J connectivity index is 0.00000208. The first kappa shape index (κ1) is 18.9. The molecular weight excluding hydrogens is 355 g/mol. The van der Waals surface area contributed by atoms with Gasteiger partial charge in [0.1, 0.15) is 11.5 Å². The summed E-state index contributed by atoms with van der Waals surface area (Å²) in [6.45, 7) is 2.54. The topological polar surface area (TPSA) is 81.2 Å². The van der Waals surface area contributed by atoms with E-state index >= 15 is 0 Å². The molecule has 1 aromatic heterocycles. The predicted octanol–water partition coefficient (Wildman–Crippen LogP) is 1.85. The Morgan fingerprint density at radius 2 is 2.17 bits per heavy atom. The number of benzene rings is 1. The Morgan fingerprint density at radius 1 is 1.42 bits per heavy atom. The summed E-state index contributed by atoms with van der Waals surface area (Å²) in [5, 5.41) is 4.04. The zero-order valence-electron chi connectivity index (χ0n) is 13.2. The van der Waals surface area contributed by atoms with Gasteiger partial charge in [-0.15, -0.1) is 12.4 Å². The van der Waals surface area contributed by atoms with Crippen LogP contribution in [-0.4, -0.2) is 41.6 Å². The molecule has 24 heavy (non-hydrogen) atoms. The minimum Gasteiger partial charge on any atom is -0.329 e. The van der Waals surface area contributed by atoms with E-state index in [0.29, 0.717) is 6.54 Å². The van der Waals surface area contributed by atoms with Crippen LogP contribution >= 0.6 is 12.4 Å². The highest BCUT2D eigenvalue weighted by Crippen LogP contribution is 2.27. The molecule has 132 valence electrons. The summed E-state index contributed by atoms with van der Waals surface area (Å²) in [4.78, 5) is -0.0528. The van der Waals surface area contributed by atoms with E-state index in [1.54, 1.807) is 12.4 Å². The highest BCUT2D eigenvalue weighted by atomic mass is 35.5. The quantitative estimate of drug-likeness (QED) is 0.885. The number of rotatable bonds is 4. The highest BCUT2D eigenvalue weighted by Gasteiger charge is 2.34. The molecule has 1 fully saturated rings. The van der Waals surface area contributed by atoms with Crippen LogP contribution in [0, 0.1) is 12.7 Å². The first-order valence-corrected chi connectivity index (χ1v) is 8.90. The summed E-state index contributed by atoms with van der Waals surface area (Å²) >= 11 is 0. The summed E-state index contributed by atoms with van der Waals surface area (Å²) < 4.78 is 42.5. The molecule has 9 heteroatoms. The third-order valence-electron chi connectivity index (χ3n) is 4.08. The molecule has 1 atom stereocenters. The van der Waals surface area contributed by atoms with Crippen molar-refractivity contribution in [3.05, 3.63) is 42.0 Å². The molecule has 0 amide bonds. The number of aromatic nitrogens is 2. The van der Waals surface area contributed by atoms with Gasteiger partial charge in [-0.25, -0.2) is 17.5 Å². The average molecular weight is 375 g/mol. The van der Waals surface area contributed by atoms with Gasteiger partial charge in [0.25, 0.3) is 0 Å². The SMILES string of the molecule is Cc1cnn(-c2ccc(S(=O)(=O)N3CCCC3CN)cc2F)c1.Cl. The molecule has 1 unspecified atom stereocenters. The van der Waals surface area contributed by atoms with Gasteiger partial charge in [0.05, 0.1) is 11.1 Å². The average Bonchev–Trinajstić information content (AvgIpc) is 3.15. The van der Waals surface area contributed by atoms with E-state index in [-0.39, 0.29) is 35.6 Å². The molecule has 0 radical (unpaired) electrons. The maximum atomic E-state index is 14.4. The van der Waals surface area contributed by atoms with Crippen molar-refractivity contribution in [1.29, 1.82) is 0 Å². The van der Waals surface area contributed by atoms with E-state index in [0.717, 1.165) is 24.5 Å². The molecule has 2 heterocycles. The second-order valence-electron chi connectivity index (χ2n) is 5.72. The van der Waals surface area contributed by atoms with Crippen LogP contribution in [0.4, 0.5) is 4.39 Å². The highest BCUT2D eigenvalue weighted by molar-refractivity contribution is 7.89. The van der Waals surface area contributed by atoms with Gasteiger partial charge >= 0.3 is 0 Å². The molecule has 0 saturated carbocycles. The van der Waals surface area contributed by atoms with Crippen LogP contribution in [0.15, 0.2) is 35.5 Å². The van der Waals surface area contributed by atoms with Crippen molar-refractivity contribution in [2.45, 2.75) is 30.7 Å². The van der Waals surface area contributed by atoms with Crippen LogP contribution < -0.4 is 5.73 Å².